The van der Waals surface area contributed by atoms with Crippen LogP contribution in [0.15, 0.2) is 41.0 Å². The lowest BCUT2D eigenvalue weighted by Crippen LogP contribution is -2.40. The van der Waals surface area contributed by atoms with Gasteiger partial charge in [0.05, 0.1) is 6.26 Å². The van der Waals surface area contributed by atoms with E-state index in [4.69, 9.17) is 10.2 Å². The second kappa shape index (κ2) is 7.53. The van der Waals surface area contributed by atoms with E-state index in [2.05, 4.69) is 10.6 Å². The van der Waals surface area contributed by atoms with Gasteiger partial charge in [0.2, 0.25) is 0 Å². The molecular weight excluding hydrogens is 318 g/mol. The van der Waals surface area contributed by atoms with Gasteiger partial charge in [0.15, 0.2) is 5.76 Å². The molecule has 0 aliphatic heterocycles. The van der Waals surface area contributed by atoms with E-state index in [1.165, 1.54) is 6.26 Å². The molecule has 6 heteroatoms. The molecule has 1 aliphatic rings. The van der Waals surface area contributed by atoms with Gasteiger partial charge >= 0.3 is 0 Å². The van der Waals surface area contributed by atoms with Crippen LogP contribution in [-0.2, 0) is 0 Å². The smallest absolute Gasteiger partial charge is 0.291 e. The molecule has 1 fully saturated rings. The maximum absolute atomic E-state index is 12.4. The summed E-state index contributed by atoms with van der Waals surface area (Å²) in [5, 5.41) is 5.86. The third kappa shape index (κ3) is 4.28. The maximum atomic E-state index is 12.4. The summed E-state index contributed by atoms with van der Waals surface area (Å²) in [5.74, 6) is -0.159. The molecule has 6 nitrogen and oxygen atoms in total. The number of carbonyl (C=O) groups excluding carboxylic acids is 2. The lowest BCUT2D eigenvalue weighted by molar-refractivity contribution is 0.0925. The Morgan fingerprint density at radius 2 is 1.88 bits per heavy atom. The number of hydrogen-bond acceptors (Lipinski definition) is 4. The quantitative estimate of drug-likeness (QED) is 0.796. The highest BCUT2D eigenvalue weighted by Gasteiger charge is 2.21. The fourth-order valence-corrected chi connectivity index (χ4v) is 3.07. The van der Waals surface area contributed by atoms with Gasteiger partial charge in [-0.25, -0.2) is 0 Å². The first kappa shape index (κ1) is 17.2. The number of nitrogens with two attached hydrogens (primary N) is 1. The van der Waals surface area contributed by atoms with E-state index in [0.29, 0.717) is 11.3 Å². The summed E-state index contributed by atoms with van der Waals surface area (Å²) in [6.07, 6.45) is 5.18. The molecule has 132 valence electrons. The average molecular weight is 341 g/mol. The third-order valence-corrected chi connectivity index (χ3v) is 4.59. The van der Waals surface area contributed by atoms with Crippen molar-refractivity contribution in [3.05, 3.63) is 53.5 Å². The zero-order valence-corrected chi connectivity index (χ0v) is 14.2. The molecule has 0 atom stereocenters. The minimum absolute atomic E-state index is 0.0903. The zero-order chi connectivity index (χ0) is 17.8. The van der Waals surface area contributed by atoms with E-state index in [1.807, 2.05) is 6.92 Å². The molecule has 3 rings (SSSR count). The van der Waals surface area contributed by atoms with Gasteiger partial charge in [-0.1, -0.05) is 0 Å². The minimum atomic E-state index is -0.316. The topological polar surface area (TPSA) is 97.4 Å². The first-order valence-corrected chi connectivity index (χ1v) is 8.55. The molecule has 0 spiro atoms. The average Bonchev–Trinajstić information content (AvgIpc) is 3.13. The summed E-state index contributed by atoms with van der Waals surface area (Å²) in [7, 11) is 0. The van der Waals surface area contributed by atoms with Crippen molar-refractivity contribution >= 4 is 17.5 Å². The van der Waals surface area contributed by atoms with Crippen molar-refractivity contribution in [1.82, 2.24) is 5.32 Å². The van der Waals surface area contributed by atoms with Crippen LogP contribution in [0.25, 0.3) is 0 Å². The van der Waals surface area contributed by atoms with Crippen LogP contribution < -0.4 is 16.4 Å². The Kier molecular flexibility index (Phi) is 5.19. The molecular formula is C19H23N3O3. The van der Waals surface area contributed by atoms with Crippen LogP contribution in [0.5, 0.6) is 0 Å². The van der Waals surface area contributed by atoms with Crippen molar-refractivity contribution in [2.45, 2.75) is 44.7 Å². The van der Waals surface area contributed by atoms with Crippen LogP contribution in [0.4, 0.5) is 5.69 Å². The zero-order valence-electron chi connectivity index (χ0n) is 14.2. The molecule has 0 saturated heterocycles. The molecule has 2 amide bonds. The van der Waals surface area contributed by atoms with Gasteiger partial charge in [-0.3, -0.25) is 9.59 Å². The summed E-state index contributed by atoms with van der Waals surface area (Å²) >= 11 is 0. The third-order valence-electron chi connectivity index (χ3n) is 4.59. The van der Waals surface area contributed by atoms with Crippen LogP contribution in [0, 0.1) is 6.92 Å². The first-order chi connectivity index (χ1) is 12.0. The predicted octanol–water partition coefficient (Wildman–Crippen LogP) is 2.84. The van der Waals surface area contributed by atoms with Crippen LogP contribution in [-0.4, -0.2) is 23.9 Å². The Hall–Kier alpha value is -2.60. The number of rotatable bonds is 4. The predicted molar refractivity (Wildman–Crippen MR) is 95.5 cm³/mol. The van der Waals surface area contributed by atoms with Crippen LogP contribution >= 0.6 is 0 Å². The highest BCUT2D eigenvalue weighted by molar-refractivity contribution is 6.03. The van der Waals surface area contributed by atoms with Gasteiger partial charge < -0.3 is 20.8 Å². The minimum Gasteiger partial charge on any atom is -0.459 e. The van der Waals surface area contributed by atoms with Crippen molar-refractivity contribution in [1.29, 1.82) is 0 Å². The molecule has 1 saturated carbocycles. The van der Waals surface area contributed by atoms with E-state index in [1.54, 1.807) is 30.3 Å². The number of anilines is 1. The van der Waals surface area contributed by atoms with E-state index in [0.717, 1.165) is 31.2 Å². The van der Waals surface area contributed by atoms with Crippen molar-refractivity contribution in [3.63, 3.8) is 0 Å². The van der Waals surface area contributed by atoms with Gasteiger partial charge in [0.1, 0.15) is 0 Å². The second-order valence-electron chi connectivity index (χ2n) is 6.55. The fourth-order valence-electron chi connectivity index (χ4n) is 3.07. The highest BCUT2D eigenvalue weighted by Crippen LogP contribution is 2.20. The molecule has 1 aromatic carbocycles. The van der Waals surface area contributed by atoms with Gasteiger partial charge in [0, 0.05) is 23.3 Å². The molecule has 1 aromatic heterocycles. The monoisotopic (exact) mass is 341 g/mol. The van der Waals surface area contributed by atoms with Crippen LogP contribution in [0.1, 0.15) is 52.2 Å². The number of aryl methyl sites for hydroxylation is 1. The Morgan fingerprint density at radius 1 is 1.12 bits per heavy atom. The largest absolute Gasteiger partial charge is 0.459 e. The van der Waals surface area contributed by atoms with Crippen molar-refractivity contribution in [3.8, 4) is 0 Å². The SMILES string of the molecule is Cc1cc(C(=O)NC2CCC(N)CC2)ccc1NC(=O)c1ccco1. The number of carbonyl (C=O) groups is 2. The standard InChI is InChI=1S/C19H23N3O3/c1-12-11-13(18(23)21-15-7-5-14(20)6-8-15)4-9-16(12)22-19(24)17-3-2-10-25-17/h2-4,9-11,14-15H,5-8,20H2,1H3,(H,21,23)(H,22,24). The molecule has 0 bridgehead atoms. The first-order valence-electron chi connectivity index (χ1n) is 8.55. The summed E-state index contributed by atoms with van der Waals surface area (Å²) in [6.45, 7) is 1.86. The maximum Gasteiger partial charge on any atom is 0.291 e. The van der Waals surface area contributed by atoms with E-state index >= 15 is 0 Å². The lowest BCUT2D eigenvalue weighted by atomic mass is 9.91. The number of nitrogens with one attached hydrogen (secondary N) is 2. The number of benzene rings is 1. The molecule has 25 heavy (non-hydrogen) atoms. The molecule has 0 radical (unpaired) electrons. The summed E-state index contributed by atoms with van der Waals surface area (Å²) in [5.41, 5.74) is 7.95. The molecule has 4 N–H and O–H groups in total. The fraction of sp³-hybridized carbons (Fsp3) is 0.368. The molecule has 1 aliphatic carbocycles. The van der Waals surface area contributed by atoms with Crippen molar-refractivity contribution < 1.29 is 14.0 Å². The van der Waals surface area contributed by atoms with Gasteiger partial charge in [-0.05, 0) is 68.5 Å². The Bertz CT molecular complexity index is 747. The summed E-state index contributed by atoms with van der Waals surface area (Å²) in [4.78, 5) is 24.5. The molecule has 0 unspecified atom stereocenters. The number of furan rings is 1. The summed E-state index contributed by atoms with van der Waals surface area (Å²) in [6, 6.07) is 8.94. The Labute approximate surface area is 146 Å². The van der Waals surface area contributed by atoms with Crippen LogP contribution in [0.2, 0.25) is 0 Å². The van der Waals surface area contributed by atoms with Crippen molar-refractivity contribution in [2.75, 3.05) is 5.32 Å². The number of amides is 2. The normalized spacial score (nSPS) is 20.1. The van der Waals surface area contributed by atoms with Crippen LogP contribution in [0.3, 0.4) is 0 Å². The molecule has 2 aromatic rings. The molecule has 1 heterocycles. The lowest BCUT2D eigenvalue weighted by Gasteiger charge is -2.26. The Morgan fingerprint density at radius 3 is 2.52 bits per heavy atom. The second-order valence-corrected chi connectivity index (χ2v) is 6.55. The van der Waals surface area contributed by atoms with Crippen molar-refractivity contribution in [2.24, 2.45) is 5.73 Å². The Balaban J connectivity index is 1.63. The van der Waals surface area contributed by atoms with Gasteiger partial charge in [0.25, 0.3) is 11.8 Å². The summed E-state index contributed by atoms with van der Waals surface area (Å²) < 4.78 is 5.08. The number of hydrogen-bond donors (Lipinski definition) is 3. The van der Waals surface area contributed by atoms with Gasteiger partial charge in [-0.15, -0.1) is 0 Å². The highest BCUT2D eigenvalue weighted by atomic mass is 16.3. The van der Waals surface area contributed by atoms with E-state index in [-0.39, 0.29) is 29.7 Å². The van der Waals surface area contributed by atoms with Gasteiger partial charge in [-0.2, -0.15) is 0 Å². The van der Waals surface area contributed by atoms with E-state index < -0.39 is 0 Å². The van der Waals surface area contributed by atoms with E-state index in [9.17, 15) is 9.59 Å².